The molecular weight excluding hydrogens is 582 g/mol. The van der Waals surface area contributed by atoms with E-state index in [2.05, 4.69) is 43.5 Å². The van der Waals surface area contributed by atoms with Crippen molar-refractivity contribution in [2.24, 2.45) is 5.92 Å². The number of ether oxygens (including phenoxy) is 1. The topological polar surface area (TPSA) is 72.5 Å². The van der Waals surface area contributed by atoms with Crippen LogP contribution in [0.15, 0.2) is 24.3 Å². The van der Waals surface area contributed by atoms with E-state index >= 15 is 0 Å². The maximum Gasteiger partial charge on any atom is 0.307 e. The summed E-state index contributed by atoms with van der Waals surface area (Å²) < 4.78 is 5.63. The van der Waals surface area contributed by atoms with Crippen molar-refractivity contribution >= 4 is 17.7 Å². The number of hydrogen-bond donors (Lipinski definition) is 1. The van der Waals surface area contributed by atoms with E-state index in [4.69, 9.17) is 4.74 Å². The van der Waals surface area contributed by atoms with Crippen LogP contribution >= 0.6 is 0 Å². The van der Waals surface area contributed by atoms with Crippen LogP contribution in [0.2, 0.25) is 0 Å². The van der Waals surface area contributed by atoms with Crippen LogP contribution < -0.4 is 5.32 Å². The minimum absolute atomic E-state index is 0.0622. The Kier molecular flexibility index (Phi) is 34.0. The lowest BCUT2D eigenvalue weighted by Gasteiger charge is -2.20. The molecule has 0 spiro atoms. The van der Waals surface area contributed by atoms with Crippen LogP contribution in [0.4, 0.5) is 0 Å². The summed E-state index contributed by atoms with van der Waals surface area (Å²) in [5.41, 5.74) is 0. The average molecular weight is 660 g/mol. The zero-order valence-electron chi connectivity index (χ0n) is 31.6. The Balaban J connectivity index is 4.05. The summed E-state index contributed by atoms with van der Waals surface area (Å²) in [5, 5.41) is 2.89. The van der Waals surface area contributed by atoms with E-state index in [9.17, 15) is 14.4 Å². The quantitative estimate of drug-likeness (QED) is 0.0318. The van der Waals surface area contributed by atoms with E-state index < -0.39 is 6.23 Å². The van der Waals surface area contributed by atoms with Gasteiger partial charge in [0, 0.05) is 25.2 Å². The van der Waals surface area contributed by atoms with Gasteiger partial charge in [-0.15, -0.1) is 0 Å². The van der Waals surface area contributed by atoms with E-state index in [1.165, 1.54) is 103 Å². The van der Waals surface area contributed by atoms with Gasteiger partial charge in [0.05, 0.1) is 0 Å². The fourth-order valence-corrected chi connectivity index (χ4v) is 6.00. The highest BCUT2D eigenvalue weighted by Crippen LogP contribution is 2.17. The van der Waals surface area contributed by atoms with Gasteiger partial charge in [0.2, 0.25) is 5.91 Å². The third kappa shape index (κ3) is 32.4. The second-order valence-corrected chi connectivity index (χ2v) is 13.8. The molecule has 0 bridgehead atoms. The largest absolute Gasteiger partial charge is 0.442 e. The maximum absolute atomic E-state index is 12.8. The molecule has 0 aliphatic carbocycles. The van der Waals surface area contributed by atoms with Gasteiger partial charge in [-0.2, -0.15) is 0 Å². The Morgan fingerprint density at radius 3 is 1.40 bits per heavy atom. The first-order valence-corrected chi connectivity index (χ1v) is 20.2. The molecule has 1 N–H and O–H groups in total. The summed E-state index contributed by atoms with van der Waals surface area (Å²) in [6.07, 6.45) is 40.6. The van der Waals surface area contributed by atoms with E-state index in [1.54, 1.807) is 6.92 Å². The number of esters is 1. The number of nitrogens with one attached hydrogen (secondary N) is 1. The normalized spacial score (nSPS) is 12.9. The number of allylic oxidation sites excluding steroid dienone is 4. The molecule has 0 rings (SSSR count). The second-order valence-electron chi connectivity index (χ2n) is 13.8. The van der Waals surface area contributed by atoms with Gasteiger partial charge in [0.25, 0.3) is 0 Å². The average Bonchev–Trinajstić information content (AvgIpc) is 3.04. The van der Waals surface area contributed by atoms with Crippen molar-refractivity contribution < 1.29 is 19.1 Å². The molecule has 0 saturated heterocycles. The van der Waals surface area contributed by atoms with Gasteiger partial charge in [-0.25, -0.2) is 0 Å². The summed E-state index contributed by atoms with van der Waals surface area (Å²) >= 11 is 0. The molecule has 47 heavy (non-hydrogen) atoms. The molecule has 1 amide bonds. The van der Waals surface area contributed by atoms with Crippen molar-refractivity contribution in [1.29, 1.82) is 0 Å². The Labute approximate surface area is 291 Å². The van der Waals surface area contributed by atoms with Crippen molar-refractivity contribution in [3.05, 3.63) is 24.3 Å². The predicted molar refractivity (Wildman–Crippen MR) is 201 cm³/mol. The summed E-state index contributed by atoms with van der Waals surface area (Å²) in [6, 6.07) is 0. The van der Waals surface area contributed by atoms with Crippen LogP contribution in [0.25, 0.3) is 0 Å². The van der Waals surface area contributed by atoms with Gasteiger partial charge in [0.15, 0.2) is 6.23 Å². The number of amides is 1. The zero-order valence-corrected chi connectivity index (χ0v) is 31.6. The number of hydrogen-bond acceptors (Lipinski definition) is 4. The van der Waals surface area contributed by atoms with Gasteiger partial charge >= 0.3 is 5.97 Å². The Bertz CT molecular complexity index is 789. The van der Waals surface area contributed by atoms with E-state index in [-0.39, 0.29) is 30.0 Å². The lowest BCUT2D eigenvalue weighted by atomic mass is 9.93. The molecule has 0 fully saturated rings. The van der Waals surface area contributed by atoms with Crippen LogP contribution in [0.1, 0.15) is 214 Å². The number of Topliss-reactive ketones (excluding diaryl/α,β-unsaturated/α-hetero) is 1. The van der Waals surface area contributed by atoms with Gasteiger partial charge < -0.3 is 10.1 Å². The molecule has 2 atom stereocenters. The van der Waals surface area contributed by atoms with Crippen LogP contribution in [-0.4, -0.2) is 23.9 Å². The fourth-order valence-electron chi connectivity index (χ4n) is 6.00. The molecular formula is C42H77NO4. The summed E-state index contributed by atoms with van der Waals surface area (Å²) in [6.45, 7) is 8.11. The fraction of sp³-hybridized carbons (Fsp3) is 0.833. The van der Waals surface area contributed by atoms with Crippen molar-refractivity contribution in [1.82, 2.24) is 5.32 Å². The zero-order chi connectivity index (χ0) is 34.6. The monoisotopic (exact) mass is 660 g/mol. The van der Waals surface area contributed by atoms with Gasteiger partial charge in [-0.3, -0.25) is 14.4 Å². The third-order valence-corrected chi connectivity index (χ3v) is 9.11. The lowest BCUT2D eigenvalue weighted by Crippen LogP contribution is -2.39. The Morgan fingerprint density at radius 1 is 0.532 bits per heavy atom. The highest BCUT2D eigenvalue weighted by atomic mass is 16.6. The van der Waals surface area contributed by atoms with E-state index in [0.717, 1.165) is 64.2 Å². The van der Waals surface area contributed by atoms with Crippen LogP contribution in [-0.2, 0) is 19.1 Å². The minimum Gasteiger partial charge on any atom is -0.442 e. The molecule has 0 aliphatic rings. The highest BCUT2D eigenvalue weighted by molar-refractivity contribution is 5.85. The first-order chi connectivity index (χ1) is 22.9. The number of rotatable bonds is 35. The lowest BCUT2D eigenvalue weighted by molar-refractivity contribution is -0.153. The first-order valence-electron chi connectivity index (χ1n) is 20.2. The molecule has 0 saturated carbocycles. The second kappa shape index (κ2) is 35.4. The molecule has 2 unspecified atom stereocenters. The van der Waals surface area contributed by atoms with Gasteiger partial charge in [-0.05, 0) is 71.1 Å². The third-order valence-electron chi connectivity index (χ3n) is 9.11. The Hall–Kier alpha value is -1.91. The van der Waals surface area contributed by atoms with Crippen LogP contribution in [0, 0.1) is 5.92 Å². The number of carbonyl (C=O) groups is 3. The summed E-state index contributed by atoms with van der Waals surface area (Å²) in [5.74, 6) is -0.653. The van der Waals surface area contributed by atoms with Crippen molar-refractivity contribution in [2.75, 3.05) is 0 Å². The van der Waals surface area contributed by atoms with Crippen molar-refractivity contribution in [3.8, 4) is 0 Å². The maximum atomic E-state index is 12.8. The standard InChI is InChI=1S/C42H77NO4/c1-5-8-10-12-14-16-18-20-21-23-25-27-29-31-33-36-42(46)47-41(34-7-3)43-40(45)37-39(38(4)44)35-32-30-28-26-24-22-19-17-15-13-11-9-6-2/h20-22,24,39,41H,5-19,23,25-37H2,1-4H3,(H,43,45). The SMILES string of the molecule is CCCCCCCCC=CCCCCCCCC(=O)OC(CCC)NC(=O)CC(CCCCCC=CCCCCCCCC)C(C)=O. The number of carbonyl (C=O) groups excluding carboxylic acids is 3. The van der Waals surface area contributed by atoms with E-state index in [1.807, 2.05) is 6.92 Å². The van der Waals surface area contributed by atoms with Crippen molar-refractivity contribution in [2.45, 2.75) is 220 Å². The molecule has 0 radical (unpaired) electrons. The molecule has 0 aromatic heterocycles. The summed E-state index contributed by atoms with van der Waals surface area (Å²) in [7, 11) is 0. The highest BCUT2D eigenvalue weighted by Gasteiger charge is 2.21. The molecule has 5 heteroatoms. The van der Waals surface area contributed by atoms with Gasteiger partial charge in [0.1, 0.15) is 5.78 Å². The molecule has 0 aromatic carbocycles. The van der Waals surface area contributed by atoms with E-state index in [0.29, 0.717) is 12.8 Å². The van der Waals surface area contributed by atoms with Gasteiger partial charge in [-0.1, -0.05) is 148 Å². The van der Waals surface area contributed by atoms with Crippen LogP contribution in [0.5, 0.6) is 0 Å². The minimum atomic E-state index is -0.612. The predicted octanol–water partition coefficient (Wildman–Crippen LogP) is 12.7. The van der Waals surface area contributed by atoms with Crippen molar-refractivity contribution in [3.63, 3.8) is 0 Å². The molecule has 0 heterocycles. The first kappa shape index (κ1) is 45.1. The molecule has 5 nitrogen and oxygen atoms in total. The smallest absolute Gasteiger partial charge is 0.307 e. The van der Waals surface area contributed by atoms with Crippen LogP contribution in [0.3, 0.4) is 0 Å². The molecule has 0 aromatic rings. The number of unbranched alkanes of at least 4 members (excludes halogenated alkanes) is 20. The molecule has 274 valence electrons. The summed E-state index contributed by atoms with van der Waals surface area (Å²) in [4.78, 5) is 37.5. The molecule has 0 aliphatic heterocycles. The Morgan fingerprint density at radius 2 is 0.957 bits per heavy atom. The number of ketones is 1.